The summed E-state index contributed by atoms with van der Waals surface area (Å²) in [6.07, 6.45) is 6.74. The molecule has 0 radical (unpaired) electrons. The molecule has 3 aliphatic carbocycles. The van der Waals surface area contributed by atoms with Crippen molar-refractivity contribution in [2.24, 2.45) is 16.7 Å². The van der Waals surface area contributed by atoms with Gasteiger partial charge in [-0.25, -0.2) is 0 Å². The van der Waals surface area contributed by atoms with Gasteiger partial charge in [0.25, 0.3) is 0 Å². The Kier molecular flexibility index (Phi) is 3.11. The van der Waals surface area contributed by atoms with E-state index in [0.717, 1.165) is 5.92 Å². The van der Waals surface area contributed by atoms with Crippen LogP contribution in [0.25, 0.3) is 0 Å². The normalized spacial score (nSPS) is 39.7. The Labute approximate surface area is 137 Å². The number of hydrogen-bond acceptors (Lipinski definition) is 1. The van der Waals surface area contributed by atoms with Crippen LogP contribution in [0.15, 0.2) is 22.7 Å². The van der Waals surface area contributed by atoms with E-state index in [-0.39, 0.29) is 0 Å². The van der Waals surface area contributed by atoms with Crippen molar-refractivity contribution >= 4 is 15.9 Å². The number of nitrogens with one attached hydrogen (secondary N) is 1. The summed E-state index contributed by atoms with van der Waals surface area (Å²) in [5.74, 6) is 0.920. The van der Waals surface area contributed by atoms with Gasteiger partial charge in [-0.3, -0.25) is 0 Å². The average Bonchev–Trinajstić information content (AvgIpc) is 3.05. The smallest absolute Gasteiger partial charge is 0.0329 e. The number of benzene rings is 1. The van der Waals surface area contributed by atoms with E-state index in [1.54, 1.807) is 0 Å². The van der Waals surface area contributed by atoms with Gasteiger partial charge in [0, 0.05) is 16.6 Å². The Bertz CT molecular complexity index is 574. The monoisotopic (exact) mass is 347 g/mol. The van der Waals surface area contributed by atoms with Crippen LogP contribution in [0, 0.1) is 16.7 Å². The summed E-state index contributed by atoms with van der Waals surface area (Å²) in [5, 5.41) is 4.10. The Hall–Kier alpha value is -0.340. The number of rotatable bonds is 2. The molecule has 1 aromatic rings. The summed E-state index contributed by atoms with van der Waals surface area (Å²) in [4.78, 5) is 0. The van der Waals surface area contributed by atoms with Gasteiger partial charge in [0.2, 0.25) is 0 Å². The van der Waals surface area contributed by atoms with Crippen LogP contribution in [0.5, 0.6) is 0 Å². The zero-order valence-corrected chi connectivity index (χ0v) is 15.0. The van der Waals surface area contributed by atoms with Gasteiger partial charge in [0.1, 0.15) is 0 Å². The lowest BCUT2D eigenvalue weighted by Crippen LogP contribution is -2.51. The molecule has 2 saturated carbocycles. The van der Waals surface area contributed by atoms with Crippen LogP contribution in [0.3, 0.4) is 0 Å². The summed E-state index contributed by atoms with van der Waals surface area (Å²) in [6.45, 7) is 7.52. The molecule has 1 aromatic carbocycles. The number of halogens is 1. The van der Waals surface area contributed by atoms with Gasteiger partial charge in [-0.1, -0.05) is 48.8 Å². The van der Waals surface area contributed by atoms with Crippen molar-refractivity contribution in [3.63, 3.8) is 0 Å². The minimum atomic E-state index is 0.446. The molecule has 4 rings (SSSR count). The van der Waals surface area contributed by atoms with Gasteiger partial charge in [-0.05, 0) is 66.0 Å². The van der Waals surface area contributed by atoms with E-state index < -0.39 is 0 Å². The maximum Gasteiger partial charge on any atom is 0.0329 e. The third kappa shape index (κ3) is 1.98. The highest BCUT2D eigenvalue weighted by atomic mass is 79.9. The van der Waals surface area contributed by atoms with Crippen LogP contribution < -0.4 is 5.32 Å². The van der Waals surface area contributed by atoms with Crippen molar-refractivity contribution in [1.82, 2.24) is 5.32 Å². The fourth-order valence-corrected chi connectivity index (χ4v) is 6.28. The molecule has 0 amide bonds. The number of fused-ring (bicyclic) bond motifs is 3. The van der Waals surface area contributed by atoms with Crippen LogP contribution in [0.2, 0.25) is 0 Å². The molecule has 0 saturated heterocycles. The fourth-order valence-electron chi connectivity index (χ4n) is 5.70. The van der Waals surface area contributed by atoms with Crippen molar-refractivity contribution in [2.45, 2.75) is 65.0 Å². The largest absolute Gasteiger partial charge is 0.306 e. The molecule has 4 atom stereocenters. The zero-order chi connectivity index (χ0) is 14.8. The van der Waals surface area contributed by atoms with Crippen LogP contribution in [0.4, 0.5) is 0 Å². The molecule has 3 aliphatic rings. The minimum absolute atomic E-state index is 0.446. The lowest BCUT2D eigenvalue weighted by molar-refractivity contribution is 0.0983. The lowest BCUT2D eigenvalue weighted by Gasteiger charge is -2.44. The molecule has 0 heterocycles. The van der Waals surface area contributed by atoms with Crippen LogP contribution in [-0.4, -0.2) is 6.04 Å². The highest BCUT2D eigenvalue weighted by molar-refractivity contribution is 9.10. The topological polar surface area (TPSA) is 12.0 Å². The molecule has 21 heavy (non-hydrogen) atoms. The molecular weight excluding hydrogens is 322 g/mol. The molecule has 1 nitrogen and oxygen atoms in total. The number of hydrogen-bond donors (Lipinski definition) is 1. The van der Waals surface area contributed by atoms with Gasteiger partial charge in [0.15, 0.2) is 0 Å². The van der Waals surface area contributed by atoms with Gasteiger partial charge in [-0.15, -0.1) is 0 Å². The Morgan fingerprint density at radius 1 is 1.19 bits per heavy atom. The van der Waals surface area contributed by atoms with Crippen LogP contribution in [0.1, 0.15) is 63.6 Å². The van der Waals surface area contributed by atoms with Crippen LogP contribution in [-0.2, 0) is 6.42 Å². The fraction of sp³-hybridized carbons (Fsp3) is 0.684. The zero-order valence-electron chi connectivity index (χ0n) is 13.4. The Morgan fingerprint density at radius 3 is 2.71 bits per heavy atom. The molecule has 0 aromatic heterocycles. The highest BCUT2D eigenvalue weighted by Gasteiger charge is 2.59. The quantitative estimate of drug-likeness (QED) is 0.771. The second kappa shape index (κ2) is 4.58. The molecule has 4 unspecified atom stereocenters. The van der Waals surface area contributed by atoms with Crippen LogP contribution >= 0.6 is 15.9 Å². The maximum atomic E-state index is 4.10. The summed E-state index contributed by atoms with van der Waals surface area (Å²) in [6, 6.07) is 7.92. The van der Waals surface area contributed by atoms with Gasteiger partial charge >= 0.3 is 0 Å². The standard InChI is InChI=1S/C19H26BrN/c1-18(2)12-9-10-19(3,11-12)17(18)21-16-8-7-13-14(16)5-4-6-15(13)20/h4-6,12,16-17,21H,7-11H2,1-3H3. The van der Waals surface area contributed by atoms with Crippen molar-refractivity contribution in [1.29, 1.82) is 0 Å². The third-order valence-corrected chi connectivity index (χ3v) is 7.59. The third-order valence-electron chi connectivity index (χ3n) is 6.85. The van der Waals surface area contributed by atoms with E-state index in [0.29, 0.717) is 22.9 Å². The molecule has 0 spiro atoms. The minimum Gasteiger partial charge on any atom is -0.306 e. The van der Waals surface area contributed by atoms with E-state index in [2.05, 4.69) is 60.2 Å². The Morgan fingerprint density at radius 2 is 2.00 bits per heavy atom. The lowest BCUT2D eigenvalue weighted by atomic mass is 9.68. The maximum absolute atomic E-state index is 4.10. The molecule has 114 valence electrons. The van der Waals surface area contributed by atoms with Crippen molar-refractivity contribution < 1.29 is 0 Å². The first-order valence-corrected chi connectivity index (χ1v) is 9.24. The second-order valence-corrected chi connectivity index (χ2v) is 9.27. The van der Waals surface area contributed by atoms with Gasteiger partial charge in [0.05, 0.1) is 0 Å². The van der Waals surface area contributed by atoms with E-state index in [1.807, 2.05) is 0 Å². The molecule has 2 fully saturated rings. The molecular formula is C19H26BrN. The SMILES string of the molecule is CC12CCC(C1)C(C)(C)C2NC1CCc2c(Br)cccc21. The predicted octanol–water partition coefficient (Wildman–Crippen LogP) is 5.24. The summed E-state index contributed by atoms with van der Waals surface area (Å²) >= 11 is 3.73. The first-order chi connectivity index (χ1) is 9.92. The van der Waals surface area contributed by atoms with Gasteiger partial charge < -0.3 is 5.32 Å². The first-order valence-electron chi connectivity index (χ1n) is 8.45. The van der Waals surface area contributed by atoms with Crippen molar-refractivity contribution in [3.8, 4) is 0 Å². The van der Waals surface area contributed by atoms with Gasteiger partial charge in [-0.2, -0.15) is 0 Å². The first kappa shape index (κ1) is 14.3. The average molecular weight is 348 g/mol. The van der Waals surface area contributed by atoms with E-state index in [4.69, 9.17) is 0 Å². The predicted molar refractivity (Wildman–Crippen MR) is 91.4 cm³/mol. The molecule has 1 N–H and O–H groups in total. The molecule has 2 heteroatoms. The summed E-state index contributed by atoms with van der Waals surface area (Å²) in [7, 11) is 0. The Balaban J connectivity index is 1.62. The van der Waals surface area contributed by atoms with E-state index in [9.17, 15) is 0 Å². The second-order valence-electron chi connectivity index (χ2n) is 8.41. The highest BCUT2D eigenvalue weighted by Crippen LogP contribution is 2.63. The van der Waals surface area contributed by atoms with E-state index >= 15 is 0 Å². The molecule has 2 bridgehead atoms. The molecule has 0 aliphatic heterocycles. The van der Waals surface area contributed by atoms with E-state index in [1.165, 1.54) is 47.7 Å². The summed E-state index contributed by atoms with van der Waals surface area (Å²) in [5.41, 5.74) is 4.03. The van der Waals surface area contributed by atoms with Crippen molar-refractivity contribution in [2.75, 3.05) is 0 Å². The summed E-state index contributed by atoms with van der Waals surface area (Å²) < 4.78 is 1.29. The van der Waals surface area contributed by atoms with Crippen molar-refractivity contribution in [3.05, 3.63) is 33.8 Å².